The summed E-state index contributed by atoms with van der Waals surface area (Å²) in [5.41, 5.74) is 1.92. The summed E-state index contributed by atoms with van der Waals surface area (Å²) in [5, 5.41) is 11.7. The molecule has 1 fully saturated rings. The van der Waals surface area contributed by atoms with Gasteiger partial charge in [-0.25, -0.2) is 0 Å². The molecule has 1 aliphatic heterocycles. The molecule has 0 unspecified atom stereocenters. The van der Waals surface area contributed by atoms with Gasteiger partial charge < -0.3 is 15.1 Å². The van der Waals surface area contributed by atoms with Crippen molar-refractivity contribution in [2.75, 3.05) is 36.4 Å². The molecule has 0 aliphatic carbocycles. The molecule has 4 rings (SSSR count). The molecule has 1 aliphatic rings. The number of benzene rings is 1. The quantitative estimate of drug-likeness (QED) is 0.740. The molecule has 7 heteroatoms. The number of nitrogens with one attached hydrogen (secondary N) is 1. The second-order valence-corrected chi connectivity index (χ2v) is 6.67. The normalized spacial score (nSPS) is 14.0. The number of piperazine rings is 1. The number of hydrogen-bond acceptors (Lipinski definition) is 6. The van der Waals surface area contributed by atoms with Crippen molar-refractivity contribution in [3.8, 4) is 0 Å². The molecule has 3 heterocycles. The molecule has 2 aromatic heterocycles. The maximum atomic E-state index is 12.5. The van der Waals surface area contributed by atoms with Gasteiger partial charge in [0.15, 0.2) is 11.6 Å². The standard InChI is InChI=1S/C21H22N6O/c28-21(15-17-5-2-1-3-6-17)27-13-11-26(12-14-27)20-9-8-19(24-25-20)23-18-7-4-10-22-16-18/h1-10,16H,11-15H2,(H,23,24). The molecule has 3 aromatic rings. The third kappa shape index (κ3) is 4.43. The van der Waals surface area contributed by atoms with Crippen LogP contribution in [0.1, 0.15) is 5.56 Å². The van der Waals surface area contributed by atoms with Crippen LogP contribution in [0.2, 0.25) is 0 Å². The Morgan fingerprint density at radius 3 is 2.43 bits per heavy atom. The zero-order valence-corrected chi connectivity index (χ0v) is 15.5. The van der Waals surface area contributed by atoms with Crippen molar-refractivity contribution in [3.63, 3.8) is 0 Å². The number of carbonyl (C=O) groups is 1. The lowest BCUT2D eigenvalue weighted by atomic mass is 10.1. The van der Waals surface area contributed by atoms with E-state index in [1.807, 2.05) is 59.5 Å². The highest BCUT2D eigenvalue weighted by molar-refractivity contribution is 5.79. The largest absolute Gasteiger partial charge is 0.352 e. The first-order valence-corrected chi connectivity index (χ1v) is 9.35. The van der Waals surface area contributed by atoms with E-state index in [2.05, 4.69) is 25.4 Å². The number of hydrogen-bond donors (Lipinski definition) is 1. The molecule has 1 N–H and O–H groups in total. The number of aromatic nitrogens is 3. The summed E-state index contributed by atoms with van der Waals surface area (Å²) in [4.78, 5) is 20.6. The molecule has 28 heavy (non-hydrogen) atoms. The molecule has 0 spiro atoms. The number of amides is 1. The number of anilines is 3. The first-order chi connectivity index (χ1) is 13.8. The van der Waals surface area contributed by atoms with Crippen molar-refractivity contribution >= 4 is 23.2 Å². The van der Waals surface area contributed by atoms with Gasteiger partial charge in [-0.3, -0.25) is 9.78 Å². The molecule has 7 nitrogen and oxygen atoms in total. The lowest BCUT2D eigenvalue weighted by Gasteiger charge is -2.35. The predicted octanol–water partition coefficient (Wildman–Crippen LogP) is 2.51. The maximum Gasteiger partial charge on any atom is 0.227 e. The van der Waals surface area contributed by atoms with Crippen LogP contribution >= 0.6 is 0 Å². The Hall–Kier alpha value is -3.48. The highest BCUT2D eigenvalue weighted by atomic mass is 16.2. The van der Waals surface area contributed by atoms with Gasteiger partial charge in [0.1, 0.15) is 0 Å². The highest BCUT2D eigenvalue weighted by Gasteiger charge is 2.22. The van der Waals surface area contributed by atoms with Gasteiger partial charge in [-0.15, -0.1) is 10.2 Å². The Balaban J connectivity index is 1.30. The number of nitrogens with zero attached hydrogens (tertiary/aromatic N) is 5. The fraction of sp³-hybridized carbons (Fsp3) is 0.238. The maximum absolute atomic E-state index is 12.5. The van der Waals surface area contributed by atoms with Gasteiger partial charge in [0, 0.05) is 32.4 Å². The van der Waals surface area contributed by atoms with E-state index in [1.165, 1.54) is 0 Å². The number of rotatable bonds is 5. The van der Waals surface area contributed by atoms with Crippen LogP contribution in [-0.4, -0.2) is 52.2 Å². The molecule has 1 saturated heterocycles. The molecule has 142 valence electrons. The molecular weight excluding hydrogens is 352 g/mol. The average Bonchev–Trinajstić information content (AvgIpc) is 2.76. The van der Waals surface area contributed by atoms with Gasteiger partial charge in [-0.1, -0.05) is 30.3 Å². The fourth-order valence-electron chi connectivity index (χ4n) is 3.21. The van der Waals surface area contributed by atoms with Crippen molar-refractivity contribution in [3.05, 3.63) is 72.6 Å². The summed E-state index contributed by atoms with van der Waals surface area (Å²) in [6, 6.07) is 17.5. The Morgan fingerprint density at radius 2 is 1.75 bits per heavy atom. The van der Waals surface area contributed by atoms with E-state index in [-0.39, 0.29) is 5.91 Å². The summed E-state index contributed by atoms with van der Waals surface area (Å²) in [5.74, 6) is 1.67. The van der Waals surface area contributed by atoms with E-state index in [1.54, 1.807) is 12.4 Å². The minimum atomic E-state index is 0.174. The topological polar surface area (TPSA) is 74.2 Å². The lowest BCUT2D eigenvalue weighted by molar-refractivity contribution is -0.130. The first kappa shape index (κ1) is 17.9. The first-order valence-electron chi connectivity index (χ1n) is 9.35. The smallest absolute Gasteiger partial charge is 0.227 e. The summed E-state index contributed by atoms with van der Waals surface area (Å²) < 4.78 is 0. The van der Waals surface area contributed by atoms with E-state index in [4.69, 9.17) is 0 Å². The Labute approximate surface area is 164 Å². The highest BCUT2D eigenvalue weighted by Crippen LogP contribution is 2.17. The third-order valence-electron chi connectivity index (χ3n) is 4.74. The molecule has 0 bridgehead atoms. The van der Waals surface area contributed by atoms with Gasteiger partial charge in [0.2, 0.25) is 5.91 Å². The van der Waals surface area contributed by atoms with Gasteiger partial charge in [0.05, 0.1) is 18.3 Å². The molecule has 0 saturated carbocycles. The van der Waals surface area contributed by atoms with Crippen LogP contribution in [-0.2, 0) is 11.2 Å². The van der Waals surface area contributed by atoms with Crippen LogP contribution in [0.15, 0.2) is 67.0 Å². The second kappa shape index (κ2) is 8.47. The van der Waals surface area contributed by atoms with Crippen molar-refractivity contribution in [2.45, 2.75) is 6.42 Å². The number of pyridine rings is 1. The summed E-state index contributed by atoms with van der Waals surface area (Å²) in [7, 11) is 0. The molecule has 1 amide bonds. The van der Waals surface area contributed by atoms with Crippen LogP contribution in [0.5, 0.6) is 0 Å². The van der Waals surface area contributed by atoms with Crippen molar-refractivity contribution in [2.24, 2.45) is 0 Å². The number of carbonyl (C=O) groups excluding carboxylic acids is 1. The Bertz CT molecular complexity index is 893. The van der Waals surface area contributed by atoms with Crippen molar-refractivity contribution < 1.29 is 4.79 Å². The Morgan fingerprint density at radius 1 is 0.929 bits per heavy atom. The zero-order chi connectivity index (χ0) is 19.2. The minimum absolute atomic E-state index is 0.174. The van der Waals surface area contributed by atoms with Crippen LogP contribution in [0.25, 0.3) is 0 Å². The van der Waals surface area contributed by atoms with Crippen molar-refractivity contribution in [1.82, 2.24) is 20.1 Å². The van der Waals surface area contributed by atoms with E-state index in [0.717, 1.165) is 30.2 Å². The van der Waals surface area contributed by atoms with Crippen molar-refractivity contribution in [1.29, 1.82) is 0 Å². The second-order valence-electron chi connectivity index (χ2n) is 6.67. The molecule has 0 atom stereocenters. The van der Waals surface area contributed by atoms with Gasteiger partial charge in [-0.2, -0.15) is 0 Å². The van der Waals surface area contributed by atoms with E-state index in [9.17, 15) is 4.79 Å². The van der Waals surface area contributed by atoms with Crippen LogP contribution in [0.4, 0.5) is 17.3 Å². The van der Waals surface area contributed by atoms with E-state index in [0.29, 0.717) is 25.3 Å². The molecule has 0 radical (unpaired) electrons. The average molecular weight is 374 g/mol. The van der Waals surface area contributed by atoms with E-state index < -0.39 is 0 Å². The summed E-state index contributed by atoms with van der Waals surface area (Å²) >= 11 is 0. The van der Waals surface area contributed by atoms with Gasteiger partial charge >= 0.3 is 0 Å². The van der Waals surface area contributed by atoms with Crippen LogP contribution < -0.4 is 10.2 Å². The van der Waals surface area contributed by atoms with Crippen LogP contribution in [0, 0.1) is 0 Å². The fourth-order valence-corrected chi connectivity index (χ4v) is 3.21. The summed E-state index contributed by atoms with van der Waals surface area (Å²) in [6.07, 6.45) is 3.92. The third-order valence-corrected chi connectivity index (χ3v) is 4.74. The zero-order valence-electron chi connectivity index (χ0n) is 15.5. The lowest BCUT2D eigenvalue weighted by Crippen LogP contribution is -2.49. The molecular formula is C21H22N6O. The van der Waals surface area contributed by atoms with E-state index >= 15 is 0 Å². The summed E-state index contributed by atoms with van der Waals surface area (Å²) in [6.45, 7) is 2.90. The van der Waals surface area contributed by atoms with Gasteiger partial charge in [0.25, 0.3) is 0 Å². The Kier molecular flexibility index (Phi) is 5.42. The van der Waals surface area contributed by atoms with Gasteiger partial charge in [-0.05, 0) is 29.8 Å². The monoisotopic (exact) mass is 374 g/mol. The molecule has 1 aromatic carbocycles. The minimum Gasteiger partial charge on any atom is -0.352 e. The van der Waals surface area contributed by atoms with Crippen LogP contribution in [0.3, 0.4) is 0 Å². The predicted molar refractivity (Wildman–Crippen MR) is 108 cm³/mol. The SMILES string of the molecule is O=C(Cc1ccccc1)N1CCN(c2ccc(Nc3cccnc3)nn2)CC1.